The van der Waals surface area contributed by atoms with Gasteiger partial charge < -0.3 is 34.2 Å². The SMILES string of the molecule is CC/C=C\C/C=C\C/C=C\C/C=C\C/C=C\CCCCCCCCCCCCCCCCCCCCCC(=O)OCC(O)COP(=O)(O)OCC(O)COP(=O)(O)OCC(COC(=O)CCCCCCCCCCCCCCCCC/C=C\C/C=C\C/C=C\C/C=C\C/C=C\CC)OC(=O)CCCCCCCCCCCCCCC/C=C\C/C=C\C/C=C\C/C=C\C/C=C\CC. The molecule has 0 saturated carbocycles. The lowest BCUT2D eigenvalue weighted by Crippen LogP contribution is -2.30. The molecule has 0 heterocycles. The van der Waals surface area contributed by atoms with Gasteiger partial charge in [-0.25, -0.2) is 9.13 Å². The van der Waals surface area contributed by atoms with Gasteiger partial charge in [0.25, 0.3) is 0 Å². The molecule has 0 aliphatic carbocycles. The molecule has 0 saturated heterocycles. The van der Waals surface area contributed by atoms with E-state index in [9.17, 15) is 43.5 Å². The van der Waals surface area contributed by atoms with E-state index in [1.165, 1.54) is 231 Å². The average molecular weight is 1870 g/mol. The van der Waals surface area contributed by atoms with Crippen LogP contribution in [-0.2, 0) is 55.8 Å². The summed E-state index contributed by atoms with van der Waals surface area (Å²) in [6.07, 6.45) is 138. The summed E-state index contributed by atoms with van der Waals surface area (Å²) in [5.41, 5.74) is 0. The van der Waals surface area contributed by atoms with Crippen LogP contribution in [-0.4, -0.2) is 95.9 Å². The number of aliphatic hydroxyl groups excluding tert-OH is 2. The number of unbranched alkanes of at least 4 members (excludes halogenated alkanes) is 47. The highest BCUT2D eigenvalue weighted by Gasteiger charge is 2.30. The molecule has 0 aromatic heterocycles. The second-order valence-electron chi connectivity index (χ2n) is 35.3. The van der Waals surface area contributed by atoms with Crippen LogP contribution in [0, 0.1) is 0 Å². The summed E-state index contributed by atoms with van der Waals surface area (Å²) in [7, 11) is -9.82. The molecule has 0 fully saturated rings. The fourth-order valence-corrected chi connectivity index (χ4v) is 16.3. The van der Waals surface area contributed by atoms with Gasteiger partial charge in [-0.2, -0.15) is 0 Å². The summed E-state index contributed by atoms with van der Waals surface area (Å²) in [4.78, 5) is 59.3. The minimum atomic E-state index is -4.95. The predicted octanol–water partition coefficient (Wildman–Crippen LogP) is 33.9. The van der Waals surface area contributed by atoms with Gasteiger partial charge >= 0.3 is 33.6 Å². The number of esters is 3. The number of aliphatic hydroxyl groups is 2. The molecule has 5 atom stereocenters. The van der Waals surface area contributed by atoms with Gasteiger partial charge in [0.1, 0.15) is 25.4 Å². The highest BCUT2D eigenvalue weighted by Crippen LogP contribution is 2.45. The molecule has 0 spiro atoms. The van der Waals surface area contributed by atoms with Crippen LogP contribution in [0.4, 0.5) is 0 Å². The van der Waals surface area contributed by atoms with Gasteiger partial charge in [-0.1, -0.05) is 466 Å². The smallest absolute Gasteiger partial charge is 0.463 e. The maximum absolute atomic E-state index is 13.1. The molecule has 0 aliphatic heterocycles. The van der Waals surface area contributed by atoms with Crippen molar-refractivity contribution in [3.8, 4) is 0 Å². The molecule has 4 N–H and O–H groups in total. The fourth-order valence-electron chi connectivity index (χ4n) is 14.7. The zero-order valence-electron chi connectivity index (χ0n) is 83.5. The monoisotopic (exact) mass is 1870 g/mol. The Hall–Kier alpha value is -5.35. The molecule has 0 rings (SSSR count). The van der Waals surface area contributed by atoms with Crippen molar-refractivity contribution in [2.45, 2.75) is 476 Å². The van der Waals surface area contributed by atoms with Gasteiger partial charge in [0.15, 0.2) is 6.10 Å². The maximum atomic E-state index is 13.1. The zero-order chi connectivity index (χ0) is 95.0. The third-order valence-corrected chi connectivity index (χ3v) is 24.5. The second-order valence-corrected chi connectivity index (χ2v) is 38.2. The molecule has 0 amide bonds. The molecule has 131 heavy (non-hydrogen) atoms. The first-order valence-corrected chi connectivity index (χ1v) is 56.1. The van der Waals surface area contributed by atoms with Crippen molar-refractivity contribution in [2.75, 3.05) is 39.6 Å². The predicted molar refractivity (Wildman–Crippen MR) is 555 cm³/mol. The number of hydrogen-bond donors (Lipinski definition) is 4. The zero-order valence-corrected chi connectivity index (χ0v) is 85.2. The van der Waals surface area contributed by atoms with Gasteiger partial charge in [-0.05, 0) is 154 Å². The Morgan fingerprint density at radius 1 is 0.214 bits per heavy atom. The van der Waals surface area contributed by atoms with E-state index in [1.807, 2.05) is 0 Å². The van der Waals surface area contributed by atoms with Crippen LogP contribution in [0.5, 0.6) is 0 Å². The van der Waals surface area contributed by atoms with Crippen molar-refractivity contribution in [3.63, 3.8) is 0 Å². The minimum absolute atomic E-state index is 0.100. The van der Waals surface area contributed by atoms with Crippen molar-refractivity contribution >= 4 is 33.6 Å². The summed E-state index contributed by atoms with van der Waals surface area (Å²) in [6, 6.07) is 0. The van der Waals surface area contributed by atoms with Crippen LogP contribution in [0.25, 0.3) is 0 Å². The van der Waals surface area contributed by atoms with E-state index in [4.69, 9.17) is 32.3 Å². The summed E-state index contributed by atoms with van der Waals surface area (Å²) in [5, 5.41) is 20.8. The van der Waals surface area contributed by atoms with Gasteiger partial charge in [0, 0.05) is 19.3 Å². The van der Waals surface area contributed by atoms with Gasteiger partial charge in [-0.15, -0.1) is 0 Å². The molecule has 752 valence electrons. The van der Waals surface area contributed by atoms with Gasteiger partial charge in [0.05, 0.1) is 26.4 Å². The molecule has 16 nitrogen and oxygen atoms in total. The van der Waals surface area contributed by atoms with E-state index in [0.29, 0.717) is 19.3 Å². The average Bonchev–Trinajstić information content (AvgIpc) is 0.896. The number of hydrogen-bond acceptors (Lipinski definition) is 14. The highest BCUT2D eigenvalue weighted by atomic mass is 31.2. The highest BCUT2D eigenvalue weighted by molar-refractivity contribution is 7.47. The normalized spacial score (nSPS) is 14.3. The van der Waals surface area contributed by atoms with Gasteiger partial charge in [0.2, 0.25) is 0 Å². The quantitative estimate of drug-likeness (QED) is 0.0146. The van der Waals surface area contributed by atoms with E-state index in [-0.39, 0.29) is 19.3 Å². The molecule has 0 radical (unpaired) electrons. The van der Waals surface area contributed by atoms with E-state index < -0.39 is 91.5 Å². The summed E-state index contributed by atoms with van der Waals surface area (Å²) < 4.78 is 61.8. The maximum Gasteiger partial charge on any atom is 0.472 e. The molecular formula is C113H194O16P2. The van der Waals surface area contributed by atoms with E-state index in [2.05, 4.69) is 203 Å². The van der Waals surface area contributed by atoms with Crippen LogP contribution in [0.3, 0.4) is 0 Å². The number of phosphoric acid groups is 2. The Labute approximate surface area is 802 Å². The fraction of sp³-hybridized carbons (Fsp3) is 0.708. The van der Waals surface area contributed by atoms with Crippen LogP contribution in [0.1, 0.15) is 457 Å². The van der Waals surface area contributed by atoms with E-state index in [1.54, 1.807) is 0 Å². The molecular weight excluding hydrogens is 1680 g/mol. The number of carbonyl (C=O) groups is 3. The number of phosphoric ester groups is 2. The first-order chi connectivity index (χ1) is 64.2. The third kappa shape index (κ3) is 105. The Morgan fingerprint density at radius 2 is 0.382 bits per heavy atom. The molecule has 0 aromatic rings. The number of ether oxygens (including phenoxy) is 3. The molecule has 0 bridgehead atoms. The summed E-state index contributed by atoms with van der Waals surface area (Å²) >= 11 is 0. The van der Waals surface area contributed by atoms with E-state index in [0.717, 1.165) is 167 Å². The number of allylic oxidation sites excluding steroid dienone is 30. The molecule has 5 unspecified atom stereocenters. The summed E-state index contributed by atoms with van der Waals surface area (Å²) in [6.45, 7) is 2.43. The third-order valence-electron chi connectivity index (χ3n) is 22.6. The van der Waals surface area contributed by atoms with Crippen molar-refractivity contribution in [1.29, 1.82) is 0 Å². The number of carbonyl (C=O) groups excluding carboxylic acids is 3. The molecule has 0 aliphatic rings. The van der Waals surface area contributed by atoms with Gasteiger partial charge in [-0.3, -0.25) is 32.5 Å². The van der Waals surface area contributed by atoms with Crippen molar-refractivity contribution in [1.82, 2.24) is 0 Å². The molecule has 18 heteroatoms. The Morgan fingerprint density at radius 3 is 0.603 bits per heavy atom. The lowest BCUT2D eigenvalue weighted by Gasteiger charge is -2.21. The van der Waals surface area contributed by atoms with Crippen LogP contribution in [0.15, 0.2) is 182 Å². The van der Waals surface area contributed by atoms with Crippen molar-refractivity contribution in [2.24, 2.45) is 0 Å². The second kappa shape index (κ2) is 104. The van der Waals surface area contributed by atoms with Crippen molar-refractivity contribution < 1.29 is 75.8 Å². The lowest BCUT2D eigenvalue weighted by molar-refractivity contribution is -0.161. The minimum Gasteiger partial charge on any atom is -0.463 e. The largest absolute Gasteiger partial charge is 0.472 e. The summed E-state index contributed by atoms with van der Waals surface area (Å²) in [5.74, 6) is -1.56. The van der Waals surface area contributed by atoms with Crippen LogP contribution < -0.4 is 0 Å². The first kappa shape index (κ1) is 126. The first-order valence-electron chi connectivity index (χ1n) is 53.1. The van der Waals surface area contributed by atoms with E-state index >= 15 is 0 Å². The Balaban J connectivity index is 4.58. The topological polar surface area (TPSA) is 231 Å². The van der Waals surface area contributed by atoms with Crippen LogP contribution >= 0.6 is 15.6 Å². The lowest BCUT2D eigenvalue weighted by atomic mass is 10.0. The Bertz CT molecular complexity index is 3110. The Kier molecular flexibility index (Phi) is 99.3. The van der Waals surface area contributed by atoms with Crippen molar-refractivity contribution in [3.05, 3.63) is 182 Å². The molecule has 0 aromatic carbocycles. The number of rotatable bonds is 100. The standard InChI is InChI=1S/C113H194O16P2/c1-4-7-10-13-16-19-22-25-28-31-34-37-40-43-46-49-51-52-53-54-56-59-60-63-66-69-72-75-78-81-84-87-90-93-96-99-111(116)123-102-108(114)103-125-130(119,120)126-104-109(115)105-127-131(121,122)128-107-110(129-113(118)101-98-95-92-89-86-83-80-77-74-71-68-65-62-57-48-45-42-39-36-33-30-27-24-21-18-15-12-9-6-3)106-124-112(117)100-97-94-91-88-85-82-79-76-73-70-67-64-61-58-55-50-47-44-41-38-35-32-29-26-23-20-17-14-11-8-5-2/h7-12,16-21,25-30,34-39,43-48,108-110,114-115H,4-6,13-15,22-24,31-33,40-42,49-107H2,1-3H3,(H,119,120)(H,121,122)/b10-7-,11-8-,12-9-,19-16-,20-17-,21-18-,28-25-,29-26-,30-27-,37-34-,38-35-,39-36-,46-43-,47-44-,48-45-. The van der Waals surface area contributed by atoms with Crippen LogP contribution in [0.2, 0.25) is 0 Å².